The summed E-state index contributed by atoms with van der Waals surface area (Å²) >= 11 is 0. The molecule has 7 nitrogen and oxygen atoms in total. The smallest absolute Gasteiger partial charge is 0.296 e. The number of nitrogens with one attached hydrogen (secondary N) is 1. The molecular formula is C26H23N3O4. The minimum atomic E-state index is -0.714. The fourth-order valence-corrected chi connectivity index (χ4v) is 4.25. The average molecular weight is 441 g/mol. The lowest BCUT2D eigenvalue weighted by atomic mass is 10.1. The highest BCUT2D eigenvalue weighted by atomic mass is 16.5. The van der Waals surface area contributed by atoms with Crippen LogP contribution in [0.5, 0.6) is 0 Å². The van der Waals surface area contributed by atoms with Gasteiger partial charge in [0, 0.05) is 41.3 Å². The summed E-state index contributed by atoms with van der Waals surface area (Å²) in [6.07, 6.45) is 1.61. The third kappa shape index (κ3) is 4.10. The zero-order chi connectivity index (χ0) is 22.8. The molecule has 33 heavy (non-hydrogen) atoms. The van der Waals surface area contributed by atoms with Crippen molar-refractivity contribution >= 4 is 45.0 Å². The Kier molecular flexibility index (Phi) is 5.62. The van der Waals surface area contributed by atoms with Crippen molar-refractivity contribution in [3.63, 3.8) is 0 Å². The summed E-state index contributed by atoms with van der Waals surface area (Å²) in [5.41, 5.74) is 1.59. The van der Waals surface area contributed by atoms with Crippen LogP contribution < -0.4 is 5.32 Å². The summed E-state index contributed by atoms with van der Waals surface area (Å²) in [4.78, 5) is 40.6. The number of para-hydroxylation sites is 1. The summed E-state index contributed by atoms with van der Waals surface area (Å²) in [5, 5.41) is 5.24. The molecule has 0 radical (unpaired) electrons. The van der Waals surface area contributed by atoms with Crippen LogP contribution in [0.3, 0.4) is 0 Å². The fourth-order valence-electron chi connectivity index (χ4n) is 4.25. The van der Waals surface area contributed by atoms with Crippen LogP contribution in [0.1, 0.15) is 10.4 Å². The van der Waals surface area contributed by atoms with Crippen molar-refractivity contribution in [1.82, 2.24) is 9.47 Å². The van der Waals surface area contributed by atoms with Gasteiger partial charge in [0.25, 0.3) is 11.7 Å². The number of aromatic nitrogens is 1. The van der Waals surface area contributed by atoms with Crippen LogP contribution in [-0.4, -0.2) is 53.4 Å². The Morgan fingerprint density at radius 3 is 2.36 bits per heavy atom. The molecule has 4 aromatic rings. The SMILES string of the molecule is O=C(Nc1cccc2ccccc12)C(=O)c1cn(CC(=O)N2CCOCC2)c2ccccc12. The molecule has 0 aliphatic carbocycles. The van der Waals surface area contributed by atoms with Crippen molar-refractivity contribution in [1.29, 1.82) is 0 Å². The Morgan fingerprint density at radius 1 is 0.848 bits per heavy atom. The van der Waals surface area contributed by atoms with Gasteiger partial charge in [0.05, 0.1) is 18.8 Å². The Bertz CT molecular complexity index is 1360. The van der Waals surface area contributed by atoms with E-state index in [-0.39, 0.29) is 18.0 Å². The summed E-state index contributed by atoms with van der Waals surface area (Å²) in [5.74, 6) is -1.40. The molecule has 166 valence electrons. The molecule has 0 saturated carbocycles. The average Bonchev–Trinajstić information content (AvgIpc) is 3.22. The first-order valence-corrected chi connectivity index (χ1v) is 10.9. The number of anilines is 1. The van der Waals surface area contributed by atoms with Crippen LogP contribution in [0, 0.1) is 0 Å². The summed E-state index contributed by atoms with van der Waals surface area (Å²) in [6.45, 7) is 2.25. The van der Waals surface area contributed by atoms with Crippen molar-refractivity contribution in [2.45, 2.75) is 6.54 Å². The van der Waals surface area contributed by atoms with E-state index >= 15 is 0 Å². The molecule has 1 saturated heterocycles. The molecular weight excluding hydrogens is 418 g/mol. The zero-order valence-electron chi connectivity index (χ0n) is 18.0. The van der Waals surface area contributed by atoms with Crippen molar-refractivity contribution in [2.24, 2.45) is 0 Å². The molecule has 2 amide bonds. The van der Waals surface area contributed by atoms with Gasteiger partial charge in [-0.2, -0.15) is 0 Å². The summed E-state index contributed by atoms with van der Waals surface area (Å²) in [6, 6.07) is 20.5. The Morgan fingerprint density at radius 2 is 1.55 bits per heavy atom. The fraction of sp³-hybridized carbons (Fsp3) is 0.192. The number of ketones is 1. The largest absolute Gasteiger partial charge is 0.378 e. The number of rotatable bonds is 5. The number of fused-ring (bicyclic) bond motifs is 2. The number of Topliss-reactive ketones (excluding diaryl/α,β-unsaturated/α-hetero) is 1. The maximum absolute atomic E-state index is 13.2. The van der Waals surface area contributed by atoms with Gasteiger partial charge >= 0.3 is 0 Å². The predicted octanol–water partition coefficient (Wildman–Crippen LogP) is 3.47. The molecule has 1 aliphatic heterocycles. The molecule has 1 aromatic heterocycles. The van der Waals surface area contributed by atoms with Crippen LogP contribution >= 0.6 is 0 Å². The van der Waals surface area contributed by atoms with Crippen molar-refractivity contribution < 1.29 is 19.1 Å². The summed E-state index contributed by atoms with van der Waals surface area (Å²) < 4.78 is 7.06. The van der Waals surface area contributed by atoms with E-state index in [9.17, 15) is 14.4 Å². The van der Waals surface area contributed by atoms with Crippen LogP contribution in [0.2, 0.25) is 0 Å². The molecule has 0 atom stereocenters. The maximum atomic E-state index is 13.2. The number of morpholine rings is 1. The van der Waals surface area contributed by atoms with E-state index in [4.69, 9.17) is 4.74 Å². The first kappa shape index (κ1) is 20.9. The quantitative estimate of drug-likeness (QED) is 0.380. The van der Waals surface area contributed by atoms with Crippen LogP contribution in [0.4, 0.5) is 5.69 Å². The Hall–Kier alpha value is -3.97. The molecule has 1 aliphatic rings. The minimum absolute atomic E-state index is 0.0433. The third-order valence-electron chi connectivity index (χ3n) is 5.95. The number of benzene rings is 3. The minimum Gasteiger partial charge on any atom is -0.378 e. The lowest BCUT2D eigenvalue weighted by molar-refractivity contribution is -0.135. The van der Waals surface area contributed by atoms with E-state index in [2.05, 4.69) is 5.32 Å². The number of hydrogen-bond acceptors (Lipinski definition) is 4. The van der Waals surface area contributed by atoms with Gasteiger partial charge in [-0.25, -0.2) is 0 Å². The van der Waals surface area contributed by atoms with Gasteiger partial charge in [0.1, 0.15) is 6.54 Å². The molecule has 2 heterocycles. The molecule has 5 rings (SSSR count). The molecule has 1 fully saturated rings. The molecule has 0 bridgehead atoms. The van der Waals surface area contributed by atoms with E-state index in [1.165, 1.54) is 0 Å². The summed E-state index contributed by atoms with van der Waals surface area (Å²) in [7, 11) is 0. The van der Waals surface area contributed by atoms with Gasteiger partial charge in [-0.3, -0.25) is 14.4 Å². The molecule has 1 N–H and O–H groups in total. The highest BCUT2D eigenvalue weighted by Crippen LogP contribution is 2.25. The predicted molar refractivity (Wildman–Crippen MR) is 126 cm³/mol. The highest BCUT2D eigenvalue weighted by molar-refractivity contribution is 6.48. The van der Waals surface area contributed by atoms with E-state index in [0.717, 1.165) is 16.3 Å². The van der Waals surface area contributed by atoms with Gasteiger partial charge in [0.2, 0.25) is 5.91 Å². The lowest BCUT2D eigenvalue weighted by Gasteiger charge is -2.27. The van der Waals surface area contributed by atoms with E-state index in [1.807, 2.05) is 54.6 Å². The third-order valence-corrected chi connectivity index (χ3v) is 5.95. The van der Waals surface area contributed by atoms with Crippen LogP contribution in [0.15, 0.2) is 72.9 Å². The number of nitrogens with zero attached hydrogens (tertiary/aromatic N) is 2. The van der Waals surface area contributed by atoms with Gasteiger partial charge in [-0.15, -0.1) is 0 Å². The van der Waals surface area contributed by atoms with E-state index in [1.54, 1.807) is 27.8 Å². The highest BCUT2D eigenvalue weighted by Gasteiger charge is 2.24. The topological polar surface area (TPSA) is 80.6 Å². The number of carbonyl (C=O) groups excluding carboxylic acids is 3. The Labute approximate surface area is 190 Å². The van der Waals surface area contributed by atoms with Crippen LogP contribution in [-0.2, 0) is 20.9 Å². The van der Waals surface area contributed by atoms with Gasteiger partial charge < -0.3 is 19.5 Å². The van der Waals surface area contributed by atoms with E-state index in [0.29, 0.717) is 37.4 Å². The number of ether oxygens (including phenoxy) is 1. The zero-order valence-corrected chi connectivity index (χ0v) is 18.0. The van der Waals surface area contributed by atoms with E-state index < -0.39 is 11.7 Å². The second kappa shape index (κ2) is 8.88. The Balaban J connectivity index is 1.42. The van der Waals surface area contributed by atoms with Crippen LogP contribution in [0.25, 0.3) is 21.7 Å². The number of amides is 2. The van der Waals surface area contributed by atoms with Crippen molar-refractivity contribution in [3.05, 3.63) is 78.5 Å². The molecule has 0 spiro atoms. The van der Waals surface area contributed by atoms with Gasteiger partial charge in [-0.1, -0.05) is 54.6 Å². The maximum Gasteiger partial charge on any atom is 0.296 e. The number of hydrogen-bond donors (Lipinski definition) is 1. The first-order valence-electron chi connectivity index (χ1n) is 10.9. The standard InChI is InChI=1S/C26H23N3O4/c30-24(28-12-14-33-15-13-28)17-29-16-21(20-9-3-4-11-23(20)29)25(31)26(32)27-22-10-5-7-18-6-1-2-8-19(18)22/h1-11,16H,12-15,17H2,(H,27,32). The molecule has 0 unspecified atom stereocenters. The normalized spacial score (nSPS) is 13.9. The van der Waals surface area contributed by atoms with Gasteiger partial charge in [-0.05, 0) is 17.5 Å². The number of carbonyl (C=O) groups is 3. The second-order valence-electron chi connectivity index (χ2n) is 7.99. The van der Waals surface area contributed by atoms with Crippen molar-refractivity contribution in [2.75, 3.05) is 31.6 Å². The first-order chi connectivity index (χ1) is 16.1. The van der Waals surface area contributed by atoms with Gasteiger partial charge in [0.15, 0.2) is 0 Å². The molecule has 7 heteroatoms. The molecule has 3 aromatic carbocycles. The second-order valence-corrected chi connectivity index (χ2v) is 7.99. The monoisotopic (exact) mass is 441 g/mol. The lowest BCUT2D eigenvalue weighted by Crippen LogP contribution is -2.42. The van der Waals surface area contributed by atoms with Crippen molar-refractivity contribution in [3.8, 4) is 0 Å².